The third-order valence-electron chi connectivity index (χ3n) is 4.90. The largest absolute Gasteiger partial charge is 0.339 e. The summed E-state index contributed by atoms with van der Waals surface area (Å²) >= 11 is 3.49. The van der Waals surface area contributed by atoms with Gasteiger partial charge in [0.15, 0.2) is 0 Å². The van der Waals surface area contributed by atoms with Crippen LogP contribution in [0.25, 0.3) is 0 Å². The molecule has 1 N–H and O–H groups in total. The summed E-state index contributed by atoms with van der Waals surface area (Å²) in [5, 5.41) is 3.61. The number of halogens is 2. The highest BCUT2D eigenvalue weighted by molar-refractivity contribution is 9.10. The number of carbonyl (C=O) groups is 1. The SMILES string of the molecule is Cc1cc(C(=O)N2CCC(C3CCCN3)CC2)ccc1Br.Cl. The number of likely N-dealkylation sites (tertiary alicyclic amines) is 1. The Morgan fingerprint density at radius 1 is 1.27 bits per heavy atom. The number of carbonyl (C=O) groups excluding carboxylic acids is 1. The zero-order valence-corrected chi connectivity index (χ0v) is 15.4. The van der Waals surface area contributed by atoms with Gasteiger partial charge in [0.1, 0.15) is 0 Å². The minimum atomic E-state index is 0. The number of nitrogens with one attached hydrogen (secondary N) is 1. The number of hydrogen-bond donors (Lipinski definition) is 1. The summed E-state index contributed by atoms with van der Waals surface area (Å²) in [5.74, 6) is 0.937. The molecule has 1 aromatic carbocycles. The lowest BCUT2D eigenvalue weighted by atomic mass is 9.88. The average Bonchev–Trinajstić information content (AvgIpc) is 3.04. The number of aryl methyl sites for hydroxylation is 1. The van der Waals surface area contributed by atoms with E-state index in [2.05, 4.69) is 21.2 Å². The van der Waals surface area contributed by atoms with Crippen LogP contribution in [0.15, 0.2) is 22.7 Å². The smallest absolute Gasteiger partial charge is 0.253 e. The first-order valence-electron chi connectivity index (χ1n) is 7.94. The maximum atomic E-state index is 12.6. The van der Waals surface area contributed by atoms with Gasteiger partial charge in [-0.05, 0) is 68.8 Å². The van der Waals surface area contributed by atoms with Crippen molar-refractivity contribution in [3.8, 4) is 0 Å². The minimum absolute atomic E-state index is 0. The molecule has 0 spiro atoms. The summed E-state index contributed by atoms with van der Waals surface area (Å²) in [6.45, 7) is 4.99. The Labute approximate surface area is 147 Å². The molecule has 0 saturated carbocycles. The van der Waals surface area contributed by atoms with Crippen molar-refractivity contribution >= 4 is 34.2 Å². The lowest BCUT2D eigenvalue weighted by Crippen LogP contribution is -2.43. The molecule has 1 amide bonds. The number of hydrogen-bond acceptors (Lipinski definition) is 2. The number of amides is 1. The van der Waals surface area contributed by atoms with Crippen molar-refractivity contribution in [2.24, 2.45) is 5.92 Å². The Balaban J connectivity index is 0.00000176. The highest BCUT2D eigenvalue weighted by Gasteiger charge is 2.30. The predicted octanol–water partition coefficient (Wildman–Crippen LogP) is 3.78. The zero-order chi connectivity index (χ0) is 14.8. The Kier molecular flexibility index (Phi) is 6.30. The second-order valence-electron chi connectivity index (χ2n) is 6.30. The van der Waals surface area contributed by atoms with Crippen LogP contribution in [0.2, 0.25) is 0 Å². The van der Waals surface area contributed by atoms with Gasteiger partial charge in [-0.1, -0.05) is 15.9 Å². The molecule has 2 aliphatic heterocycles. The van der Waals surface area contributed by atoms with Gasteiger partial charge in [0.2, 0.25) is 0 Å². The fraction of sp³-hybridized carbons (Fsp3) is 0.588. The van der Waals surface area contributed by atoms with E-state index >= 15 is 0 Å². The van der Waals surface area contributed by atoms with E-state index in [-0.39, 0.29) is 18.3 Å². The molecule has 2 saturated heterocycles. The first-order chi connectivity index (χ1) is 10.1. The molecule has 0 aromatic heterocycles. The molecule has 0 radical (unpaired) electrons. The molecule has 2 aliphatic rings. The van der Waals surface area contributed by atoms with Crippen molar-refractivity contribution in [2.75, 3.05) is 19.6 Å². The van der Waals surface area contributed by atoms with E-state index in [0.29, 0.717) is 6.04 Å². The van der Waals surface area contributed by atoms with Crippen LogP contribution >= 0.6 is 28.3 Å². The normalized spacial score (nSPS) is 22.5. The van der Waals surface area contributed by atoms with Gasteiger partial charge in [-0.2, -0.15) is 0 Å². The van der Waals surface area contributed by atoms with Gasteiger partial charge in [0, 0.05) is 29.2 Å². The van der Waals surface area contributed by atoms with E-state index in [9.17, 15) is 4.79 Å². The molecule has 3 rings (SSSR count). The second kappa shape index (κ2) is 7.80. The molecule has 3 nitrogen and oxygen atoms in total. The van der Waals surface area contributed by atoms with E-state index in [0.717, 1.165) is 47.4 Å². The van der Waals surface area contributed by atoms with E-state index < -0.39 is 0 Å². The van der Waals surface area contributed by atoms with E-state index in [1.165, 1.54) is 19.4 Å². The third-order valence-corrected chi connectivity index (χ3v) is 5.79. The standard InChI is InChI=1S/C17H23BrN2O.ClH/c1-12-11-14(4-5-15(12)18)17(21)20-9-6-13(7-10-20)16-3-2-8-19-16;/h4-5,11,13,16,19H,2-3,6-10H2,1H3;1H. The van der Waals surface area contributed by atoms with Gasteiger partial charge < -0.3 is 10.2 Å². The molecule has 0 aliphatic carbocycles. The van der Waals surface area contributed by atoms with Gasteiger partial charge in [0.25, 0.3) is 5.91 Å². The molecule has 122 valence electrons. The molecular weight excluding hydrogens is 364 g/mol. The first kappa shape index (κ1) is 17.8. The van der Waals surface area contributed by atoms with Crippen molar-refractivity contribution in [3.05, 3.63) is 33.8 Å². The molecule has 0 bridgehead atoms. The second-order valence-corrected chi connectivity index (χ2v) is 7.15. The topological polar surface area (TPSA) is 32.3 Å². The Morgan fingerprint density at radius 3 is 2.59 bits per heavy atom. The summed E-state index contributed by atoms with van der Waals surface area (Å²) < 4.78 is 1.06. The Morgan fingerprint density at radius 2 is 2.00 bits per heavy atom. The van der Waals surface area contributed by atoms with Gasteiger partial charge >= 0.3 is 0 Å². The summed E-state index contributed by atoms with van der Waals surface area (Å²) in [7, 11) is 0. The van der Waals surface area contributed by atoms with Crippen LogP contribution in [0.3, 0.4) is 0 Å². The van der Waals surface area contributed by atoms with Crippen LogP contribution in [-0.4, -0.2) is 36.5 Å². The number of piperidine rings is 1. The highest BCUT2D eigenvalue weighted by atomic mass is 79.9. The minimum Gasteiger partial charge on any atom is -0.339 e. The number of benzene rings is 1. The van der Waals surface area contributed by atoms with Crippen molar-refractivity contribution in [2.45, 2.75) is 38.6 Å². The molecule has 1 aromatic rings. The van der Waals surface area contributed by atoms with Crippen molar-refractivity contribution in [3.63, 3.8) is 0 Å². The Bertz CT molecular complexity index is 523. The van der Waals surface area contributed by atoms with Gasteiger partial charge in [-0.3, -0.25) is 4.79 Å². The van der Waals surface area contributed by atoms with Crippen molar-refractivity contribution < 1.29 is 4.79 Å². The lowest BCUT2D eigenvalue weighted by Gasteiger charge is -2.35. The summed E-state index contributed by atoms with van der Waals surface area (Å²) in [6, 6.07) is 6.57. The van der Waals surface area contributed by atoms with E-state index in [4.69, 9.17) is 0 Å². The number of rotatable bonds is 2. The van der Waals surface area contributed by atoms with Gasteiger partial charge in [0.05, 0.1) is 0 Å². The summed E-state index contributed by atoms with van der Waals surface area (Å²) in [4.78, 5) is 14.6. The van der Waals surface area contributed by atoms with Crippen molar-refractivity contribution in [1.29, 1.82) is 0 Å². The molecular formula is C17H24BrClN2O. The van der Waals surface area contributed by atoms with Crippen LogP contribution in [0.1, 0.15) is 41.6 Å². The molecule has 1 unspecified atom stereocenters. The van der Waals surface area contributed by atoms with Crippen LogP contribution in [0.5, 0.6) is 0 Å². The van der Waals surface area contributed by atoms with Gasteiger partial charge in [-0.25, -0.2) is 0 Å². The van der Waals surface area contributed by atoms with E-state index in [1.807, 2.05) is 30.0 Å². The predicted molar refractivity (Wildman–Crippen MR) is 95.8 cm³/mol. The van der Waals surface area contributed by atoms with Crippen LogP contribution < -0.4 is 5.32 Å². The molecule has 5 heteroatoms. The van der Waals surface area contributed by atoms with E-state index in [1.54, 1.807) is 0 Å². The maximum Gasteiger partial charge on any atom is 0.253 e. The average molecular weight is 388 g/mol. The molecule has 2 heterocycles. The van der Waals surface area contributed by atoms with Crippen LogP contribution in [0.4, 0.5) is 0 Å². The Hall–Kier alpha value is -0.580. The fourth-order valence-corrected chi connectivity index (χ4v) is 3.83. The van der Waals surface area contributed by atoms with Crippen molar-refractivity contribution in [1.82, 2.24) is 10.2 Å². The quantitative estimate of drug-likeness (QED) is 0.837. The fourth-order valence-electron chi connectivity index (χ4n) is 3.58. The summed E-state index contributed by atoms with van der Waals surface area (Å²) in [6.07, 6.45) is 4.89. The lowest BCUT2D eigenvalue weighted by molar-refractivity contribution is 0.0674. The van der Waals surface area contributed by atoms with Crippen LogP contribution in [0, 0.1) is 12.8 Å². The summed E-state index contributed by atoms with van der Waals surface area (Å²) in [5.41, 5.74) is 1.93. The van der Waals surface area contributed by atoms with Gasteiger partial charge in [-0.15, -0.1) is 12.4 Å². The highest BCUT2D eigenvalue weighted by Crippen LogP contribution is 2.27. The molecule has 22 heavy (non-hydrogen) atoms. The molecule has 1 atom stereocenters. The maximum absolute atomic E-state index is 12.6. The number of nitrogens with zero attached hydrogens (tertiary/aromatic N) is 1. The zero-order valence-electron chi connectivity index (χ0n) is 13.0. The first-order valence-corrected chi connectivity index (χ1v) is 8.73. The van der Waals surface area contributed by atoms with Crippen LogP contribution in [-0.2, 0) is 0 Å². The third kappa shape index (κ3) is 3.84. The monoisotopic (exact) mass is 386 g/mol. The molecule has 2 fully saturated rings.